The van der Waals surface area contributed by atoms with Gasteiger partial charge < -0.3 is 0 Å². The topological polar surface area (TPSA) is 38.0 Å². The molecule has 0 radical (unpaired) electrons. The lowest BCUT2D eigenvalue weighted by Crippen LogP contribution is -2.45. The largest absolute Gasteiger partial charge is 0.271 e. The Balaban J connectivity index is 2.06. The van der Waals surface area contributed by atoms with E-state index < -0.39 is 0 Å². The molecule has 1 aromatic carbocycles. The number of thioether (sulfide) groups is 1. The Morgan fingerprint density at radius 1 is 1.50 bits per heavy atom. The lowest BCUT2D eigenvalue weighted by atomic mass is 10.00. The van der Waals surface area contributed by atoms with E-state index in [4.69, 9.17) is 5.84 Å². The van der Waals surface area contributed by atoms with E-state index in [-0.39, 0.29) is 11.9 Å². The maximum absolute atomic E-state index is 13.3. The van der Waals surface area contributed by atoms with E-state index in [2.05, 4.69) is 21.4 Å². The van der Waals surface area contributed by atoms with Crippen LogP contribution in [0.4, 0.5) is 4.39 Å². The van der Waals surface area contributed by atoms with Crippen LogP contribution in [0.5, 0.6) is 0 Å². The summed E-state index contributed by atoms with van der Waals surface area (Å²) in [7, 11) is 0. The predicted octanol–water partition coefficient (Wildman–Crippen LogP) is 3.25. The number of hydrazine groups is 1. The van der Waals surface area contributed by atoms with Crippen LogP contribution in [0.25, 0.3) is 0 Å². The van der Waals surface area contributed by atoms with E-state index in [0.29, 0.717) is 5.25 Å². The van der Waals surface area contributed by atoms with Gasteiger partial charge in [-0.1, -0.05) is 22.4 Å². The van der Waals surface area contributed by atoms with Crippen LogP contribution in [-0.4, -0.2) is 17.0 Å². The molecule has 1 aliphatic heterocycles. The predicted molar refractivity (Wildman–Crippen MR) is 79.0 cm³/mol. The molecule has 5 heteroatoms. The first-order valence-electron chi connectivity index (χ1n) is 6.22. The maximum Gasteiger partial charge on any atom is 0.123 e. The van der Waals surface area contributed by atoms with Gasteiger partial charge in [0, 0.05) is 15.8 Å². The molecular formula is C13H18BrFN2S. The summed E-state index contributed by atoms with van der Waals surface area (Å²) >= 11 is 5.44. The highest BCUT2D eigenvalue weighted by Crippen LogP contribution is 2.30. The molecule has 2 rings (SSSR count). The molecule has 1 saturated heterocycles. The molecule has 0 amide bonds. The molecule has 100 valence electrons. The van der Waals surface area contributed by atoms with Crippen molar-refractivity contribution in [3.63, 3.8) is 0 Å². The Kier molecular flexibility index (Phi) is 5.48. The molecule has 0 spiro atoms. The van der Waals surface area contributed by atoms with Gasteiger partial charge in [-0.3, -0.25) is 11.3 Å². The Hall–Kier alpha value is -0.100. The van der Waals surface area contributed by atoms with Crippen molar-refractivity contribution in [1.29, 1.82) is 0 Å². The molecule has 0 aromatic heterocycles. The zero-order valence-corrected chi connectivity index (χ0v) is 12.6. The molecule has 2 nitrogen and oxygen atoms in total. The Bertz CT molecular complexity index is 397. The van der Waals surface area contributed by atoms with E-state index >= 15 is 0 Å². The fourth-order valence-electron chi connectivity index (χ4n) is 2.32. The van der Waals surface area contributed by atoms with E-state index in [0.717, 1.165) is 16.5 Å². The molecule has 18 heavy (non-hydrogen) atoms. The Labute approximate surface area is 120 Å². The Morgan fingerprint density at radius 3 is 3.00 bits per heavy atom. The van der Waals surface area contributed by atoms with E-state index in [9.17, 15) is 4.39 Å². The van der Waals surface area contributed by atoms with Gasteiger partial charge >= 0.3 is 0 Å². The maximum atomic E-state index is 13.3. The molecule has 1 aromatic rings. The number of halogens is 2. The number of nitrogens with one attached hydrogen (secondary N) is 1. The first-order valence-corrected chi connectivity index (χ1v) is 8.06. The third-order valence-electron chi connectivity index (χ3n) is 3.33. The van der Waals surface area contributed by atoms with Gasteiger partial charge in [0.2, 0.25) is 0 Å². The first kappa shape index (κ1) is 14.3. The normalized spacial score (nSPS) is 21.8. The van der Waals surface area contributed by atoms with E-state index in [1.165, 1.54) is 31.1 Å². The third-order valence-corrected chi connectivity index (χ3v) is 5.62. The molecule has 0 aliphatic carbocycles. The highest BCUT2D eigenvalue weighted by Gasteiger charge is 2.24. The molecule has 0 saturated carbocycles. The van der Waals surface area contributed by atoms with Crippen molar-refractivity contribution >= 4 is 27.7 Å². The monoisotopic (exact) mass is 332 g/mol. The minimum Gasteiger partial charge on any atom is -0.271 e. The molecule has 1 heterocycles. The lowest BCUT2D eigenvalue weighted by Gasteiger charge is -2.29. The van der Waals surface area contributed by atoms with Crippen molar-refractivity contribution in [2.45, 2.75) is 37.0 Å². The fourth-order valence-corrected chi connectivity index (χ4v) is 4.14. The fraction of sp³-hybridized carbons (Fsp3) is 0.538. The molecular weight excluding hydrogens is 315 g/mol. The van der Waals surface area contributed by atoms with Gasteiger partial charge in [0.05, 0.1) is 0 Å². The lowest BCUT2D eigenvalue weighted by molar-refractivity contribution is 0.470. The zero-order chi connectivity index (χ0) is 13.0. The second kappa shape index (κ2) is 6.89. The van der Waals surface area contributed by atoms with Crippen molar-refractivity contribution in [1.82, 2.24) is 5.43 Å². The minimum atomic E-state index is -0.194. The summed E-state index contributed by atoms with van der Waals surface area (Å²) in [6.45, 7) is 0. The standard InChI is InChI=1S/C13H18BrFN2S/c14-11-5-4-10(15)7-9(11)8-12(17-16)13-3-1-2-6-18-13/h4-5,7,12-13,17H,1-3,6,8,16H2. The van der Waals surface area contributed by atoms with Gasteiger partial charge in [0.1, 0.15) is 5.82 Å². The summed E-state index contributed by atoms with van der Waals surface area (Å²) < 4.78 is 14.2. The summed E-state index contributed by atoms with van der Waals surface area (Å²) in [5, 5.41) is 0.527. The molecule has 2 unspecified atom stereocenters. The molecule has 3 N–H and O–H groups in total. The van der Waals surface area contributed by atoms with Crippen LogP contribution >= 0.6 is 27.7 Å². The Morgan fingerprint density at radius 2 is 2.33 bits per heavy atom. The van der Waals surface area contributed by atoms with Crippen molar-refractivity contribution in [3.8, 4) is 0 Å². The third kappa shape index (κ3) is 3.70. The number of hydrogen-bond acceptors (Lipinski definition) is 3. The van der Waals surface area contributed by atoms with Crippen molar-refractivity contribution < 1.29 is 4.39 Å². The van der Waals surface area contributed by atoms with Crippen LogP contribution in [0.15, 0.2) is 22.7 Å². The second-order valence-electron chi connectivity index (χ2n) is 4.62. The van der Waals surface area contributed by atoms with E-state index in [1.54, 1.807) is 12.1 Å². The van der Waals surface area contributed by atoms with Crippen LogP contribution in [0.3, 0.4) is 0 Å². The van der Waals surface area contributed by atoms with Gasteiger partial charge in [-0.25, -0.2) is 4.39 Å². The van der Waals surface area contributed by atoms with E-state index in [1.807, 2.05) is 11.8 Å². The van der Waals surface area contributed by atoms with Crippen LogP contribution in [0.2, 0.25) is 0 Å². The zero-order valence-electron chi connectivity index (χ0n) is 10.2. The first-order chi connectivity index (χ1) is 8.70. The number of hydrogen-bond donors (Lipinski definition) is 2. The van der Waals surface area contributed by atoms with Crippen molar-refractivity contribution in [2.75, 3.05) is 5.75 Å². The van der Waals surface area contributed by atoms with Crippen LogP contribution < -0.4 is 11.3 Å². The molecule has 2 atom stereocenters. The van der Waals surface area contributed by atoms with Gasteiger partial charge in [-0.2, -0.15) is 11.8 Å². The summed E-state index contributed by atoms with van der Waals surface area (Å²) in [5.74, 6) is 6.67. The average Bonchev–Trinajstić information content (AvgIpc) is 2.41. The summed E-state index contributed by atoms with van der Waals surface area (Å²) in [6.07, 6.45) is 4.50. The molecule has 0 bridgehead atoms. The average molecular weight is 333 g/mol. The van der Waals surface area contributed by atoms with Crippen LogP contribution in [-0.2, 0) is 6.42 Å². The smallest absolute Gasteiger partial charge is 0.123 e. The summed E-state index contributed by atoms with van der Waals surface area (Å²) in [6, 6.07) is 5.01. The number of rotatable bonds is 4. The molecule has 1 fully saturated rings. The second-order valence-corrected chi connectivity index (χ2v) is 6.82. The molecule has 1 aliphatic rings. The van der Waals surface area contributed by atoms with Crippen molar-refractivity contribution in [2.24, 2.45) is 5.84 Å². The van der Waals surface area contributed by atoms with Crippen LogP contribution in [0, 0.1) is 5.82 Å². The van der Waals surface area contributed by atoms with Gasteiger partial charge in [0.25, 0.3) is 0 Å². The SMILES string of the molecule is NNC(Cc1cc(F)ccc1Br)C1CCCCS1. The highest BCUT2D eigenvalue weighted by molar-refractivity contribution is 9.10. The highest BCUT2D eigenvalue weighted by atomic mass is 79.9. The van der Waals surface area contributed by atoms with Crippen LogP contribution in [0.1, 0.15) is 24.8 Å². The van der Waals surface area contributed by atoms with Gasteiger partial charge in [-0.05, 0) is 48.8 Å². The summed E-state index contributed by atoms with van der Waals surface area (Å²) in [5.41, 5.74) is 3.88. The summed E-state index contributed by atoms with van der Waals surface area (Å²) in [4.78, 5) is 0. The number of benzene rings is 1. The quantitative estimate of drug-likeness (QED) is 0.656. The number of nitrogens with two attached hydrogens (primary N) is 1. The minimum absolute atomic E-state index is 0.194. The van der Waals surface area contributed by atoms with Gasteiger partial charge in [-0.15, -0.1) is 0 Å². The van der Waals surface area contributed by atoms with Gasteiger partial charge in [0.15, 0.2) is 0 Å². The van der Waals surface area contributed by atoms with Crippen molar-refractivity contribution in [3.05, 3.63) is 34.1 Å².